The Bertz CT molecular complexity index is 736. The van der Waals surface area contributed by atoms with Crippen molar-refractivity contribution in [3.63, 3.8) is 0 Å². The molecule has 1 aromatic rings. The van der Waals surface area contributed by atoms with Gasteiger partial charge in [0.2, 0.25) is 5.91 Å². The van der Waals surface area contributed by atoms with E-state index in [2.05, 4.69) is 15.1 Å². The normalized spacial score (nSPS) is 35.7. The van der Waals surface area contributed by atoms with Crippen molar-refractivity contribution in [3.8, 4) is 0 Å². The summed E-state index contributed by atoms with van der Waals surface area (Å²) >= 11 is 0. The zero-order chi connectivity index (χ0) is 18.6. The van der Waals surface area contributed by atoms with Gasteiger partial charge in [-0.1, -0.05) is 0 Å². The fourth-order valence-corrected chi connectivity index (χ4v) is 7.27. The maximum absolute atomic E-state index is 13.1. The van der Waals surface area contributed by atoms with E-state index in [1.807, 2.05) is 6.92 Å². The summed E-state index contributed by atoms with van der Waals surface area (Å²) in [5, 5.41) is 6.83. The molecule has 1 N–H and O–H groups in total. The summed E-state index contributed by atoms with van der Waals surface area (Å²) in [4.78, 5) is 27.0. The van der Waals surface area contributed by atoms with Crippen molar-refractivity contribution in [1.29, 1.82) is 0 Å². The Kier molecular flexibility index (Phi) is 4.21. The van der Waals surface area contributed by atoms with Crippen molar-refractivity contribution in [2.75, 3.05) is 13.1 Å². The number of piperidine rings is 1. The number of rotatable bonds is 4. The molecule has 1 amide bonds. The summed E-state index contributed by atoms with van der Waals surface area (Å²) in [6.45, 7) is 4.24. The van der Waals surface area contributed by atoms with Gasteiger partial charge in [0.15, 0.2) is 0 Å². The molecule has 1 aromatic heterocycles. The second kappa shape index (κ2) is 6.49. The van der Waals surface area contributed by atoms with E-state index in [1.54, 1.807) is 4.57 Å². The Labute approximate surface area is 160 Å². The number of aromatic nitrogens is 3. The number of amides is 1. The number of carbonyl (C=O) groups is 1. The topological polar surface area (TPSA) is 71.0 Å². The van der Waals surface area contributed by atoms with Crippen molar-refractivity contribution in [1.82, 2.24) is 19.7 Å². The van der Waals surface area contributed by atoms with Crippen LogP contribution in [0.25, 0.3) is 0 Å². The molecule has 0 aromatic carbocycles. The van der Waals surface area contributed by atoms with Gasteiger partial charge in [-0.2, -0.15) is 5.10 Å². The second-order valence-corrected chi connectivity index (χ2v) is 9.88. The van der Waals surface area contributed by atoms with Gasteiger partial charge in [-0.3, -0.25) is 9.36 Å². The molecule has 6 rings (SSSR count). The maximum atomic E-state index is 13.1. The standard InChI is InChI=1S/C21H32N4O2/c1-2-25-19(22-23-20(25)27)17-3-5-24(6-4-17)18(26)13-21-10-14-7-15(11-21)9-16(8-14)12-21/h14-17H,2-13H2,1H3,(H,23,27). The van der Waals surface area contributed by atoms with Gasteiger partial charge in [-0.25, -0.2) is 9.89 Å². The fraction of sp³-hybridized carbons (Fsp3) is 0.857. The molecule has 4 saturated carbocycles. The minimum atomic E-state index is -0.118. The number of nitrogens with zero attached hydrogens (tertiary/aromatic N) is 3. The van der Waals surface area contributed by atoms with E-state index >= 15 is 0 Å². The molecule has 4 aliphatic carbocycles. The first-order valence-corrected chi connectivity index (χ1v) is 11.0. The van der Waals surface area contributed by atoms with Crippen molar-refractivity contribution in [2.24, 2.45) is 23.2 Å². The molecular weight excluding hydrogens is 340 g/mol. The van der Waals surface area contributed by atoms with Gasteiger partial charge in [0.05, 0.1) is 0 Å². The summed E-state index contributed by atoms with van der Waals surface area (Å²) in [7, 11) is 0. The zero-order valence-electron chi connectivity index (χ0n) is 16.5. The highest BCUT2D eigenvalue weighted by Crippen LogP contribution is 2.61. The maximum Gasteiger partial charge on any atom is 0.343 e. The van der Waals surface area contributed by atoms with Crippen molar-refractivity contribution in [2.45, 2.75) is 77.2 Å². The second-order valence-electron chi connectivity index (χ2n) is 9.88. The third kappa shape index (κ3) is 3.05. The van der Waals surface area contributed by atoms with Gasteiger partial charge in [0, 0.05) is 32.0 Å². The summed E-state index contributed by atoms with van der Waals surface area (Å²) in [5.41, 5.74) is 0.209. The van der Waals surface area contributed by atoms with Gasteiger partial charge in [0.1, 0.15) is 5.82 Å². The predicted octanol–water partition coefficient (Wildman–Crippen LogP) is 2.90. The molecule has 27 heavy (non-hydrogen) atoms. The van der Waals surface area contributed by atoms with Gasteiger partial charge in [-0.05, 0) is 81.5 Å². The van der Waals surface area contributed by atoms with Crippen LogP contribution in [0.3, 0.4) is 0 Å². The highest BCUT2D eigenvalue weighted by Gasteiger charge is 2.51. The lowest BCUT2D eigenvalue weighted by Gasteiger charge is -2.57. The summed E-state index contributed by atoms with van der Waals surface area (Å²) in [6, 6.07) is 0. The summed E-state index contributed by atoms with van der Waals surface area (Å²) in [6.07, 6.45) is 10.8. The van der Waals surface area contributed by atoms with Crippen LogP contribution in [0, 0.1) is 23.2 Å². The average Bonchev–Trinajstić information content (AvgIpc) is 3.01. The van der Waals surface area contributed by atoms with Crippen LogP contribution < -0.4 is 5.69 Å². The summed E-state index contributed by atoms with van der Waals surface area (Å²) in [5.74, 6) is 4.24. The number of carbonyl (C=O) groups excluding carboxylic acids is 1. The third-order valence-electron chi connectivity index (χ3n) is 8.01. The lowest BCUT2D eigenvalue weighted by Crippen LogP contribution is -2.49. The van der Waals surface area contributed by atoms with Gasteiger partial charge in [0.25, 0.3) is 0 Å². The number of aromatic amines is 1. The lowest BCUT2D eigenvalue weighted by molar-refractivity contribution is -0.140. The van der Waals surface area contributed by atoms with E-state index in [4.69, 9.17) is 0 Å². The molecule has 6 heteroatoms. The third-order valence-corrected chi connectivity index (χ3v) is 8.01. The van der Waals surface area contributed by atoms with Crippen LogP contribution in [0.2, 0.25) is 0 Å². The molecule has 1 saturated heterocycles. The number of nitrogens with one attached hydrogen (secondary N) is 1. The highest BCUT2D eigenvalue weighted by atomic mass is 16.2. The van der Waals surface area contributed by atoms with E-state index < -0.39 is 0 Å². The van der Waals surface area contributed by atoms with Crippen molar-refractivity contribution in [3.05, 3.63) is 16.3 Å². The molecule has 0 radical (unpaired) electrons. The Morgan fingerprint density at radius 1 is 1.11 bits per heavy atom. The molecule has 5 aliphatic rings. The lowest BCUT2D eigenvalue weighted by atomic mass is 9.49. The van der Waals surface area contributed by atoms with Crippen LogP contribution in [-0.4, -0.2) is 38.7 Å². The van der Waals surface area contributed by atoms with Gasteiger partial charge < -0.3 is 4.90 Å². The molecule has 2 heterocycles. The first-order chi connectivity index (χ1) is 13.0. The zero-order valence-corrected chi connectivity index (χ0v) is 16.5. The number of likely N-dealkylation sites (tertiary alicyclic amines) is 1. The molecule has 6 nitrogen and oxygen atoms in total. The molecule has 4 bridgehead atoms. The number of H-pyrrole nitrogens is 1. The Hall–Kier alpha value is -1.59. The Morgan fingerprint density at radius 3 is 2.26 bits per heavy atom. The highest BCUT2D eigenvalue weighted by molar-refractivity contribution is 5.77. The first-order valence-electron chi connectivity index (χ1n) is 11.0. The average molecular weight is 373 g/mol. The number of hydrogen-bond donors (Lipinski definition) is 1. The van der Waals surface area contributed by atoms with Crippen LogP contribution in [0.5, 0.6) is 0 Å². The largest absolute Gasteiger partial charge is 0.343 e. The molecule has 0 spiro atoms. The van der Waals surface area contributed by atoms with E-state index in [0.29, 0.717) is 17.9 Å². The van der Waals surface area contributed by atoms with Crippen molar-refractivity contribution < 1.29 is 4.79 Å². The Morgan fingerprint density at radius 2 is 1.70 bits per heavy atom. The van der Waals surface area contributed by atoms with Crippen LogP contribution in [-0.2, 0) is 11.3 Å². The fourth-order valence-electron chi connectivity index (χ4n) is 7.27. The van der Waals surface area contributed by atoms with E-state index in [0.717, 1.165) is 55.9 Å². The number of hydrogen-bond acceptors (Lipinski definition) is 3. The minimum absolute atomic E-state index is 0.118. The van der Waals surface area contributed by atoms with E-state index in [1.165, 1.54) is 38.5 Å². The van der Waals surface area contributed by atoms with Crippen LogP contribution >= 0.6 is 0 Å². The smallest absolute Gasteiger partial charge is 0.343 e. The first kappa shape index (κ1) is 17.5. The van der Waals surface area contributed by atoms with Crippen LogP contribution in [0.15, 0.2) is 4.79 Å². The van der Waals surface area contributed by atoms with E-state index in [9.17, 15) is 9.59 Å². The molecule has 5 fully saturated rings. The monoisotopic (exact) mass is 372 g/mol. The van der Waals surface area contributed by atoms with Crippen LogP contribution in [0.1, 0.15) is 76.5 Å². The van der Waals surface area contributed by atoms with Gasteiger partial charge >= 0.3 is 5.69 Å². The Balaban J connectivity index is 1.21. The summed E-state index contributed by atoms with van der Waals surface area (Å²) < 4.78 is 1.73. The molecule has 0 unspecified atom stereocenters. The van der Waals surface area contributed by atoms with Crippen molar-refractivity contribution >= 4 is 5.91 Å². The SMILES string of the molecule is CCn1c(C2CCN(C(=O)CC34CC5CC(CC(C5)C3)C4)CC2)n[nH]c1=O. The van der Waals surface area contributed by atoms with Gasteiger partial charge in [-0.15, -0.1) is 0 Å². The minimum Gasteiger partial charge on any atom is -0.343 e. The van der Waals surface area contributed by atoms with E-state index in [-0.39, 0.29) is 11.6 Å². The van der Waals surface area contributed by atoms with Crippen LogP contribution in [0.4, 0.5) is 0 Å². The predicted molar refractivity (Wildman–Crippen MR) is 102 cm³/mol. The quantitative estimate of drug-likeness (QED) is 0.883. The molecule has 0 atom stereocenters. The molecule has 148 valence electrons. The molecule has 1 aliphatic heterocycles. The molecular formula is C21H32N4O2.